The Hall–Kier alpha value is -4.09. The van der Waals surface area contributed by atoms with Crippen LogP contribution in [-0.4, -0.2) is 53.8 Å². The van der Waals surface area contributed by atoms with Gasteiger partial charge in [-0.1, -0.05) is 59.6 Å². The van der Waals surface area contributed by atoms with E-state index in [9.17, 15) is 22.8 Å². The third kappa shape index (κ3) is 8.20. The fourth-order valence-corrected chi connectivity index (χ4v) is 6.83. The molecule has 0 bridgehead atoms. The molecule has 2 heterocycles. The Morgan fingerprint density at radius 3 is 2.12 bits per heavy atom. The van der Waals surface area contributed by atoms with Crippen molar-refractivity contribution in [3.63, 3.8) is 0 Å². The first-order chi connectivity index (χ1) is 24.0. The van der Waals surface area contributed by atoms with Crippen LogP contribution >= 0.6 is 35.6 Å². The molecule has 1 amide bonds. The van der Waals surface area contributed by atoms with Gasteiger partial charge in [0.1, 0.15) is 23.7 Å². The summed E-state index contributed by atoms with van der Waals surface area (Å²) in [5, 5.41) is 0.976. The third-order valence-electron chi connectivity index (χ3n) is 8.98. The number of esters is 1. The number of hydrogen-bond acceptors (Lipinski definition) is 6. The number of methoxy groups -OCH3 is 1. The van der Waals surface area contributed by atoms with E-state index in [-0.39, 0.29) is 48.2 Å². The van der Waals surface area contributed by atoms with Gasteiger partial charge in [0.15, 0.2) is 0 Å². The molecular weight excluding hydrogens is 726 g/mol. The second-order valence-electron chi connectivity index (χ2n) is 12.1. The number of likely N-dealkylation sites (tertiary alicyclic amines) is 1. The highest BCUT2D eigenvalue weighted by Gasteiger charge is 2.44. The van der Waals surface area contributed by atoms with Crippen LogP contribution in [0.2, 0.25) is 10.0 Å². The predicted octanol–water partition coefficient (Wildman–Crippen LogP) is 9.36. The van der Waals surface area contributed by atoms with Crippen LogP contribution in [0.15, 0.2) is 96.0 Å². The van der Waals surface area contributed by atoms with E-state index in [1.165, 1.54) is 18.1 Å². The van der Waals surface area contributed by atoms with Gasteiger partial charge in [0.2, 0.25) is 0 Å². The Labute approximate surface area is 310 Å². The number of ether oxygens (including phenoxy) is 2. The average Bonchev–Trinajstić information content (AvgIpc) is 3.74. The van der Waals surface area contributed by atoms with E-state index in [1.54, 1.807) is 67.6 Å². The highest BCUT2D eigenvalue weighted by atomic mass is 35.5. The Kier molecular flexibility index (Phi) is 12.0. The summed E-state index contributed by atoms with van der Waals surface area (Å²) in [6.45, 7) is 3.13. The average molecular weight is 761 g/mol. The number of aliphatic imine (C=N–C) groups is 1. The molecule has 0 radical (unpaired) electrons. The SMILES string of the molecule is CCOc1ccc(C(F)(F)F)cc1C1=NC(c2ccc(Cl)cc2)C(c2ccc(Cl)cc2)N1C(=O)c1ccc(CN2CCCC2C(=O)OC)cc1.Cl. The zero-order chi connectivity index (χ0) is 35.6. The molecule has 0 N–H and O–H groups in total. The van der Waals surface area contributed by atoms with Crippen LogP contribution in [0.25, 0.3) is 0 Å². The summed E-state index contributed by atoms with van der Waals surface area (Å²) in [4.78, 5) is 35.6. The summed E-state index contributed by atoms with van der Waals surface area (Å²) in [6, 6.07) is 22.3. The minimum absolute atomic E-state index is 0. The molecule has 2 aliphatic rings. The molecule has 3 unspecified atom stereocenters. The van der Waals surface area contributed by atoms with Crippen molar-refractivity contribution in [2.24, 2.45) is 4.99 Å². The van der Waals surface area contributed by atoms with Gasteiger partial charge in [-0.15, -0.1) is 12.4 Å². The predicted molar refractivity (Wildman–Crippen MR) is 193 cm³/mol. The number of rotatable bonds is 9. The number of nitrogens with zero attached hydrogens (tertiary/aromatic N) is 3. The largest absolute Gasteiger partial charge is 0.493 e. The van der Waals surface area contributed by atoms with Crippen LogP contribution in [0.5, 0.6) is 5.75 Å². The van der Waals surface area contributed by atoms with E-state index in [0.717, 1.165) is 30.7 Å². The molecule has 13 heteroatoms. The maximum absolute atomic E-state index is 14.8. The second-order valence-corrected chi connectivity index (χ2v) is 13.0. The number of hydrogen-bond donors (Lipinski definition) is 0. The lowest BCUT2D eigenvalue weighted by molar-refractivity contribution is -0.146. The van der Waals surface area contributed by atoms with E-state index >= 15 is 0 Å². The summed E-state index contributed by atoms with van der Waals surface area (Å²) >= 11 is 12.5. The lowest BCUT2D eigenvalue weighted by Crippen LogP contribution is -2.38. The van der Waals surface area contributed by atoms with Crippen molar-refractivity contribution >= 4 is 53.3 Å². The quantitative estimate of drug-likeness (QED) is 0.159. The molecule has 4 aromatic rings. The van der Waals surface area contributed by atoms with Crippen molar-refractivity contribution in [3.05, 3.63) is 134 Å². The number of carbonyl (C=O) groups excluding carboxylic acids is 2. The molecule has 4 aromatic carbocycles. The van der Waals surface area contributed by atoms with Gasteiger partial charge in [-0.3, -0.25) is 24.4 Å². The van der Waals surface area contributed by atoms with Crippen LogP contribution in [0.1, 0.15) is 70.0 Å². The third-order valence-corrected chi connectivity index (χ3v) is 9.48. The molecule has 1 saturated heterocycles. The molecule has 6 rings (SSSR count). The van der Waals surface area contributed by atoms with Gasteiger partial charge >= 0.3 is 12.1 Å². The molecule has 3 atom stereocenters. The lowest BCUT2D eigenvalue weighted by atomic mass is 9.93. The first-order valence-corrected chi connectivity index (χ1v) is 16.9. The highest BCUT2D eigenvalue weighted by molar-refractivity contribution is 6.30. The molecule has 51 heavy (non-hydrogen) atoms. The zero-order valence-corrected chi connectivity index (χ0v) is 30.0. The summed E-state index contributed by atoms with van der Waals surface area (Å²) < 4.78 is 53.1. The standard InChI is InChI=1S/C38H34Cl2F3N3O4.ClH/c1-3-50-32-19-14-27(38(41,42)43)21-30(32)35-44-33(24-10-15-28(39)16-11-24)34(25-12-17-29(40)18-13-25)46(35)36(47)26-8-6-23(7-9-26)22-45-20-4-5-31(45)37(48)49-2;/h6-19,21,31,33-34H,3-5,20,22H2,1-2H3;1H. The topological polar surface area (TPSA) is 71.4 Å². The Morgan fingerprint density at radius 1 is 0.902 bits per heavy atom. The van der Waals surface area contributed by atoms with Crippen molar-refractivity contribution < 1.29 is 32.2 Å². The molecule has 0 aromatic heterocycles. The summed E-state index contributed by atoms with van der Waals surface area (Å²) in [6.07, 6.45) is -3.08. The number of amidine groups is 1. The zero-order valence-electron chi connectivity index (χ0n) is 27.7. The molecular formula is C38H35Cl3F3N3O4. The van der Waals surface area contributed by atoms with Gasteiger partial charge in [0, 0.05) is 22.2 Å². The van der Waals surface area contributed by atoms with E-state index in [0.29, 0.717) is 39.7 Å². The minimum Gasteiger partial charge on any atom is -0.493 e. The van der Waals surface area contributed by atoms with Crippen LogP contribution in [0, 0.1) is 0 Å². The first-order valence-electron chi connectivity index (χ1n) is 16.2. The van der Waals surface area contributed by atoms with Crippen molar-refractivity contribution in [2.45, 2.75) is 50.6 Å². The van der Waals surface area contributed by atoms with Gasteiger partial charge in [0.05, 0.1) is 30.9 Å². The Bertz CT molecular complexity index is 1890. The molecule has 1 fully saturated rings. The molecule has 7 nitrogen and oxygen atoms in total. The molecule has 0 saturated carbocycles. The van der Waals surface area contributed by atoms with Gasteiger partial charge in [-0.05, 0) is 97.6 Å². The fourth-order valence-electron chi connectivity index (χ4n) is 6.57. The summed E-state index contributed by atoms with van der Waals surface area (Å²) in [5.41, 5.74) is 1.69. The Morgan fingerprint density at radius 2 is 1.53 bits per heavy atom. The van der Waals surface area contributed by atoms with Gasteiger partial charge < -0.3 is 9.47 Å². The van der Waals surface area contributed by atoms with E-state index in [1.807, 2.05) is 17.0 Å². The minimum atomic E-state index is -4.66. The molecule has 0 spiro atoms. The number of alkyl halides is 3. The van der Waals surface area contributed by atoms with Gasteiger partial charge in [-0.2, -0.15) is 13.2 Å². The van der Waals surface area contributed by atoms with E-state index in [2.05, 4.69) is 0 Å². The van der Waals surface area contributed by atoms with Crippen LogP contribution in [-0.2, 0) is 22.3 Å². The van der Waals surface area contributed by atoms with Crippen molar-refractivity contribution in [1.29, 1.82) is 0 Å². The highest BCUT2D eigenvalue weighted by Crippen LogP contribution is 2.46. The molecule has 2 aliphatic heterocycles. The fraction of sp³-hybridized carbons (Fsp3) is 0.289. The smallest absolute Gasteiger partial charge is 0.416 e. The van der Waals surface area contributed by atoms with Crippen LogP contribution < -0.4 is 4.74 Å². The summed E-state index contributed by atoms with van der Waals surface area (Å²) in [7, 11) is 1.38. The van der Waals surface area contributed by atoms with Crippen molar-refractivity contribution in [1.82, 2.24) is 9.80 Å². The number of carbonyl (C=O) groups is 2. The van der Waals surface area contributed by atoms with Gasteiger partial charge in [0.25, 0.3) is 5.91 Å². The number of halogens is 6. The first kappa shape index (κ1) is 38.1. The number of amides is 1. The lowest BCUT2D eigenvalue weighted by Gasteiger charge is -2.30. The van der Waals surface area contributed by atoms with Crippen molar-refractivity contribution in [2.75, 3.05) is 20.3 Å². The van der Waals surface area contributed by atoms with E-state index in [4.69, 9.17) is 37.7 Å². The Balaban J connectivity index is 0.00000504. The van der Waals surface area contributed by atoms with Gasteiger partial charge in [-0.25, -0.2) is 0 Å². The van der Waals surface area contributed by atoms with Crippen molar-refractivity contribution in [3.8, 4) is 5.75 Å². The molecule has 268 valence electrons. The monoisotopic (exact) mass is 759 g/mol. The number of benzene rings is 4. The molecule has 0 aliphatic carbocycles. The normalized spacial score (nSPS) is 19.0. The second kappa shape index (κ2) is 16.1. The van der Waals surface area contributed by atoms with E-state index < -0.39 is 29.7 Å². The van der Waals surface area contributed by atoms with Crippen LogP contribution in [0.4, 0.5) is 13.2 Å². The van der Waals surface area contributed by atoms with Crippen LogP contribution in [0.3, 0.4) is 0 Å². The maximum atomic E-state index is 14.8. The maximum Gasteiger partial charge on any atom is 0.416 e. The summed E-state index contributed by atoms with van der Waals surface area (Å²) in [5.74, 6) is -0.559.